The van der Waals surface area contributed by atoms with E-state index in [1.165, 1.54) is 22.8 Å². The molecule has 1 aliphatic carbocycles. The van der Waals surface area contributed by atoms with Crippen LogP contribution in [0.1, 0.15) is 30.9 Å². The van der Waals surface area contributed by atoms with Crippen molar-refractivity contribution < 1.29 is 9.53 Å². The average Bonchev–Trinajstić information content (AvgIpc) is 2.57. The summed E-state index contributed by atoms with van der Waals surface area (Å²) in [5.41, 5.74) is 9.36. The largest absolute Gasteiger partial charge is 0.368 e. The molecule has 2 atom stereocenters. The first-order valence-corrected chi connectivity index (χ1v) is 8.67. The zero-order chi connectivity index (χ0) is 16.9. The first-order valence-electron chi connectivity index (χ1n) is 8.67. The fourth-order valence-corrected chi connectivity index (χ4v) is 3.70. The van der Waals surface area contributed by atoms with E-state index < -0.39 is 0 Å². The summed E-state index contributed by atoms with van der Waals surface area (Å²) in [5, 5.41) is 0. The van der Waals surface area contributed by atoms with E-state index in [2.05, 4.69) is 36.2 Å². The Balaban J connectivity index is 1.89. The van der Waals surface area contributed by atoms with Gasteiger partial charge in [-0.15, -0.1) is 0 Å². The lowest BCUT2D eigenvalue weighted by atomic mass is 9.79. The van der Waals surface area contributed by atoms with Gasteiger partial charge in [0, 0.05) is 13.1 Å². The zero-order valence-electron chi connectivity index (χ0n) is 14.3. The fraction of sp³-hybridized carbons (Fsp3) is 0.450. The van der Waals surface area contributed by atoms with E-state index in [0.29, 0.717) is 5.92 Å². The second-order valence-corrected chi connectivity index (χ2v) is 6.79. The maximum absolute atomic E-state index is 11.0. The molecule has 0 aromatic heterocycles. The number of ether oxygens (including phenoxy) is 1. The molecule has 4 nitrogen and oxygen atoms in total. The molecule has 1 aromatic carbocycles. The SMILES string of the molecule is CN1CCOC(c2ccccc2)C2=C(CC(C=CC(N)=O)CC2)C1. The van der Waals surface area contributed by atoms with Crippen LogP contribution in [-0.2, 0) is 9.53 Å². The number of nitrogens with zero attached hydrogens (tertiary/aromatic N) is 1. The maximum atomic E-state index is 11.0. The van der Waals surface area contributed by atoms with Crippen molar-refractivity contribution >= 4 is 5.91 Å². The van der Waals surface area contributed by atoms with Crippen LogP contribution in [0.3, 0.4) is 0 Å². The van der Waals surface area contributed by atoms with E-state index in [1.54, 1.807) is 0 Å². The molecular formula is C20H26N2O2. The monoisotopic (exact) mass is 326 g/mol. The van der Waals surface area contributed by atoms with E-state index in [1.807, 2.05) is 12.1 Å². The molecule has 3 rings (SSSR count). The Morgan fingerprint density at radius 3 is 2.88 bits per heavy atom. The van der Waals surface area contributed by atoms with Gasteiger partial charge in [0.1, 0.15) is 6.10 Å². The molecule has 1 aliphatic heterocycles. The third kappa shape index (κ3) is 4.13. The molecule has 1 heterocycles. The van der Waals surface area contributed by atoms with Crippen molar-refractivity contribution in [1.29, 1.82) is 0 Å². The number of hydrogen-bond acceptors (Lipinski definition) is 3. The molecule has 2 N–H and O–H groups in total. The predicted molar refractivity (Wildman–Crippen MR) is 95.3 cm³/mol. The van der Waals surface area contributed by atoms with Crippen LogP contribution in [-0.4, -0.2) is 37.6 Å². The molecule has 1 aromatic rings. The summed E-state index contributed by atoms with van der Waals surface area (Å²) in [5.74, 6) is 0.0237. The van der Waals surface area contributed by atoms with Crippen molar-refractivity contribution in [3.8, 4) is 0 Å². The number of carbonyl (C=O) groups is 1. The number of benzene rings is 1. The molecular weight excluding hydrogens is 300 g/mol. The van der Waals surface area contributed by atoms with Crippen LogP contribution in [0.5, 0.6) is 0 Å². The van der Waals surface area contributed by atoms with Crippen molar-refractivity contribution in [2.24, 2.45) is 11.7 Å². The normalized spacial score (nSPS) is 26.0. The lowest BCUT2D eigenvalue weighted by molar-refractivity contribution is -0.113. The third-order valence-corrected chi connectivity index (χ3v) is 4.92. The first-order chi connectivity index (χ1) is 11.6. The number of carbonyl (C=O) groups excluding carboxylic acids is 1. The molecule has 0 spiro atoms. The topological polar surface area (TPSA) is 55.6 Å². The van der Waals surface area contributed by atoms with Gasteiger partial charge in [0.15, 0.2) is 0 Å². The number of amides is 1. The quantitative estimate of drug-likeness (QED) is 0.686. The van der Waals surface area contributed by atoms with E-state index in [9.17, 15) is 4.79 Å². The summed E-state index contributed by atoms with van der Waals surface area (Å²) < 4.78 is 6.25. The van der Waals surface area contributed by atoms with E-state index in [-0.39, 0.29) is 12.0 Å². The molecule has 24 heavy (non-hydrogen) atoms. The molecule has 0 saturated carbocycles. The summed E-state index contributed by atoms with van der Waals surface area (Å²) in [7, 11) is 2.14. The maximum Gasteiger partial charge on any atom is 0.241 e. The zero-order valence-corrected chi connectivity index (χ0v) is 14.3. The van der Waals surface area contributed by atoms with Crippen LogP contribution in [0, 0.1) is 5.92 Å². The van der Waals surface area contributed by atoms with Crippen molar-refractivity contribution in [3.63, 3.8) is 0 Å². The first kappa shape index (κ1) is 16.9. The van der Waals surface area contributed by atoms with Crippen LogP contribution in [0.15, 0.2) is 53.6 Å². The summed E-state index contributed by atoms with van der Waals surface area (Å²) in [6, 6.07) is 10.5. The summed E-state index contributed by atoms with van der Waals surface area (Å²) in [4.78, 5) is 13.3. The smallest absolute Gasteiger partial charge is 0.241 e. The van der Waals surface area contributed by atoms with Crippen molar-refractivity contribution in [3.05, 3.63) is 59.2 Å². The van der Waals surface area contributed by atoms with Gasteiger partial charge >= 0.3 is 0 Å². The molecule has 1 amide bonds. The highest BCUT2D eigenvalue weighted by atomic mass is 16.5. The van der Waals surface area contributed by atoms with Gasteiger partial charge in [0.05, 0.1) is 6.61 Å². The fourth-order valence-electron chi connectivity index (χ4n) is 3.70. The molecule has 4 heteroatoms. The Labute approximate surface area is 144 Å². The molecule has 0 bridgehead atoms. The Kier molecular flexibility index (Phi) is 5.48. The molecule has 2 aliphatic rings. The second-order valence-electron chi connectivity index (χ2n) is 6.79. The van der Waals surface area contributed by atoms with Gasteiger partial charge in [-0.3, -0.25) is 4.79 Å². The number of hydrogen-bond donors (Lipinski definition) is 1. The van der Waals surface area contributed by atoms with Gasteiger partial charge in [-0.05, 0) is 49.4 Å². The molecule has 128 valence electrons. The van der Waals surface area contributed by atoms with Crippen molar-refractivity contribution in [2.75, 3.05) is 26.7 Å². The van der Waals surface area contributed by atoms with Gasteiger partial charge in [-0.25, -0.2) is 0 Å². The van der Waals surface area contributed by atoms with Gasteiger partial charge in [0.2, 0.25) is 5.91 Å². The summed E-state index contributed by atoms with van der Waals surface area (Å²) in [6.07, 6.45) is 6.58. The van der Waals surface area contributed by atoms with E-state index >= 15 is 0 Å². The van der Waals surface area contributed by atoms with Gasteiger partial charge in [-0.2, -0.15) is 0 Å². The molecule has 2 unspecified atom stereocenters. The minimum atomic E-state index is -0.366. The molecule has 0 fully saturated rings. The third-order valence-electron chi connectivity index (χ3n) is 4.92. The van der Waals surface area contributed by atoms with Crippen LogP contribution < -0.4 is 5.73 Å². The van der Waals surface area contributed by atoms with Crippen LogP contribution in [0.4, 0.5) is 0 Å². The van der Waals surface area contributed by atoms with Crippen LogP contribution in [0.25, 0.3) is 0 Å². The highest BCUT2D eigenvalue weighted by Gasteiger charge is 2.28. The van der Waals surface area contributed by atoms with Crippen molar-refractivity contribution in [2.45, 2.75) is 25.4 Å². The molecule has 0 saturated heterocycles. The Morgan fingerprint density at radius 1 is 1.33 bits per heavy atom. The second kappa shape index (κ2) is 7.77. The number of rotatable bonds is 3. The van der Waals surface area contributed by atoms with Crippen molar-refractivity contribution in [1.82, 2.24) is 4.90 Å². The summed E-state index contributed by atoms with van der Waals surface area (Å²) in [6.45, 7) is 2.66. The number of primary amides is 1. The van der Waals surface area contributed by atoms with Gasteiger partial charge in [0.25, 0.3) is 0 Å². The minimum absolute atomic E-state index is 0.0657. The van der Waals surface area contributed by atoms with E-state index in [0.717, 1.165) is 39.0 Å². The average molecular weight is 326 g/mol. The lowest BCUT2D eigenvalue weighted by Gasteiger charge is -2.35. The Morgan fingerprint density at radius 2 is 2.12 bits per heavy atom. The highest BCUT2D eigenvalue weighted by Crippen LogP contribution is 2.40. The van der Waals surface area contributed by atoms with E-state index in [4.69, 9.17) is 10.5 Å². The molecule has 0 radical (unpaired) electrons. The Hall–Kier alpha value is -1.91. The minimum Gasteiger partial charge on any atom is -0.368 e. The lowest BCUT2D eigenvalue weighted by Crippen LogP contribution is -2.32. The van der Waals surface area contributed by atoms with Gasteiger partial charge < -0.3 is 15.4 Å². The standard InChI is InChI=1S/C20H26N2O2/c1-22-11-12-24-20(16-5-3-2-4-6-16)18-9-7-15(8-10-19(21)23)13-17(18)14-22/h2-6,8,10,15,20H,7,9,11-14H2,1H3,(H2,21,23). The number of likely N-dealkylation sites (N-methyl/N-ethyl adjacent to an activating group) is 1. The van der Waals surface area contributed by atoms with Gasteiger partial charge in [-0.1, -0.05) is 42.0 Å². The Bertz CT molecular complexity index is 636. The highest BCUT2D eigenvalue weighted by molar-refractivity contribution is 5.85. The summed E-state index contributed by atoms with van der Waals surface area (Å²) >= 11 is 0. The van der Waals surface area contributed by atoms with Crippen LogP contribution in [0.2, 0.25) is 0 Å². The van der Waals surface area contributed by atoms with Crippen LogP contribution >= 0.6 is 0 Å². The number of nitrogens with two attached hydrogens (primary N) is 1. The predicted octanol–water partition coefficient (Wildman–Crippen LogP) is 2.83. The number of allylic oxidation sites excluding steroid dienone is 1.